The zero-order chi connectivity index (χ0) is 16.8. The molecule has 6 heteroatoms. The first kappa shape index (κ1) is 15.5. The monoisotopic (exact) mass is 320 g/mol. The quantitative estimate of drug-likeness (QED) is 0.721. The molecule has 3 rings (SSSR count). The second-order valence-electron chi connectivity index (χ2n) is 5.17. The van der Waals surface area contributed by atoms with Gasteiger partial charge in [-0.1, -0.05) is 36.4 Å². The van der Waals surface area contributed by atoms with Crippen LogP contribution in [-0.4, -0.2) is 21.6 Å². The standard InChI is InChI=1S/C18H16N4O2/c23-17(20-21-18(24)15-7-3-1-4-8-15)11-14-12-19-22(13-14)16-9-5-2-6-10-16/h1-10,12-13H,11H2,(H,20,23)(H,21,24). The second-order valence-corrected chi connectivity index (χ2v) is 5.17. The number of aromatic nitrogens is 2. The highest BCUT2D eigenvalue weighted by Crippen LogP contribution is 2.08. The number of benzene rings is 2. The number of nitrogens with zero attached hydrogens (tertiary/aromatic N) is 2. The van der Waals surface area contributed by atoms with Crippen LogP contribution in [0, 0.1) is 0 Å². The van der Waals surface area contributed by atoms with Crippen molar-refractivity contribution >= 4 is 11.8 Å². The molecule has 120 valence electrons. The average molecular weight is 320 g/mol. The lowest BCUT2D eigenvalue weighted by Gasteiger charge is -2.06. The molecule has 0 aliphatic carbocycles. The van der Waals surface area contributed by atoms with E-state index in [0.29, 0.717) is 5.56 Å². The number of hydrazine groups is 1. The van der Waals surface area contributed by atoms with Gasteiger partial charge in [0.2, 0.25) is 5.91 Å². The number of hydrogen-bond acceptors (Lipinski definition) is 3. The zero-order valence-corrected chi connectivity index (χ0v) is 12.8. The van der Waals surface area contributed by atoms with Crippen molar-refractivity contribution in [1.82, 2.24) is 20.6 Å². The van der Waals surface area contributed by atoms with Gasteiger partial charge in [0, 0.05) is 11.8 Å². The van der Waals surface area contributed by atoms with Crippen LogP contribution in [0.25, 0.3) is 5.69 Å². The minimum atomic E-state index is -0.357. The Hall–Kier alpha value is -3.41. The summed E-state index contributed by atoms with van der Waals surface area (Å²) in [7, 11) is 0. The van der Waals surface area contributed by atoms with Gasteiger partial charge in [-0.25, -0.2) is 4.68 Å². The lowest BCUT2D eigenvalue weighted by molar-refractivity contribution is -0.121. The smallest absolute Gasteiger partial charge is 0.269 e. The molecule has 0 atom stereocenters. The molecule has 1 heterocycles. The summed E-state index contributed by atoms with van der Waals surface area (Å²) in [6.45, 7) is 0. The third-order valence-electron chi connectivity index (χ3n) is 3.37. The molecule has 2 N–H and O–H groups in total. The van der Waals surface area contributed by atoms with Crippen molar-refractivity contribution in [3.8, 4) is 5.69 Å². The predicted molar refractivity (Wildman–Crippen MR) is 89.3 cm³/mol. The van der Waals surface area contributed by atoms with Crippen molar-refractivity contribution in [2.45, 2.75) is 6.42 Å². The minimum absolute atomic E-state index is 0.127. The molecule has 0 bridgehead atoms. The number of nitrogens with one attached hydrogen (secondary N) is 2. The fourth-order valence-electron chi connectivity index (χ4n) is 2.19. The molecule has 0 aliphatic rings. The molecule has 2 aromatic carbocycles. The Kier molecular flexibility index (Phi) is 4.67. The van der Waals surface area contributed by atoms with Gasteiger partial charge in [-0.15, -0.1) is 0 Å². The summed E-state index contributed by atoms with van der Waals surface area (Å²) in [5, 5.41) is 4.23. The molecule has 24 heavy (non-hydrogen) atoms. The van der Waals surface area contributed by atoms with Crippen LogP contribution in [0.2, 0.25) is 0 Å². The molecule has 0 unspecified atom stereocenters. The molecule has 3 aromatic rings. The van der Waals surface area contributed by atoms with E-state index >= 15 is 0 Å². The highest BCUT2D eigenvalue weighted by molar-refractivity contribution is 5.95. The van der Waals surface area contributed by atoms with Crippen molar-refractivity contribution in [2.75, 3.05) is 0 Å². The van der Waals surface area contributed by atoms with E-state index in [0.717, 1.165) is 11.3 Å². The van der Waals surface area contributed by atoms with Crippen LogP contribution in [0.5, 0.6) is 0 Å². The van der Waals surface area contributed by atoms with Crippen LogP contribution in [0.3, 0.4) is 0 Å². The SMILES string of the molecule is O=C(Cc1cnn(-c2ccccc2)c1)NNC(=O)c1ccccc1. The van der Waals surface area contributed by atoms with Crippen molar-refractivity contribution in [2.24, 2.45) is 0 Å². The van der Waals surface area contributed by atoms with Gasteiger partial charge in [-0.3, -0.25) is 20.4 Å². The Morgan fingerprint density at radius 3 is 2.29 bits per heavy atom. The van der Waals surface area contributed by atoms with E-state index in [4.69, 9.17) is 0 Å². The molecule has 0 saturated heterocycles. The summed E-state index contributed by atoms with van der Waals surface area (Å²) >= 11 is 0. The van der Waals surface area contributed by atoms with E-state index in [1.54, 1.807) is 41.3 Å². The van der Waals surface area contributed by atoms with Crippen molar-refractivity contribution in [1.29, 1.82) is 0 Å². The summed E-state index contributed by atoms with van der Waals surface area (Å²) < 4.78 is 1.70. The third kappa shape index (κ3) is 3.86. The lowest BCUT2D eigenvalue weighted by Crippen LogP contribution is -2.42. The minimum Gasteiger partial charge on any atom is -0.273 e. The van der Waals surface area contributed by atoms with Crippen LogP contribution in [0.1, 0.15) is 15.9 Å². The second kappa shape index (κ2) is 7.23. The highest BCUT2D eigenvalue weighted by Gasteiger charge is 2.09. The van der Waals surface area contributed by atoms with E-state index in [9.17, 15) is 9.59 Å². The lowest BCUT2D eigenvalue weighted by atomic mass is 10.2. The van der Waals surface area contributed by atoms with Crippen LogP contribution < -0.4 is 10.9 Å². The largest absolute Gasteiger partial charge is 0.273 e. The van der Waals surface area contributed by atoms with Gasteiger partial charge >= 0.3 is 0 Å². The molecule has 6 nitrogen and oxygen atoms in total. The summed E-state index contributed by atoms with van der Waals surface area (Å²) in [5.41, 5.74) is 6.95. The maximum absolute atomic E-state index is 11.9. The number of amides is 2. The number of rotatable bonds is 4. The van der Waals surface area contributed by atoms with Gasteiger partial charge in [-0.2, -0.15) is 5.10 Å². The van der Waals surface area contributed by atoms with E-state index in [-0.39, 0.29) is 18.2 Å². The Labute approximate surface area is 139 Å². The van der Waals surface area contributed by atoms with E-state index in [1.165, 1.54) is 0 Å². The first-order chi connectivity index (χ1) is 11.7. The highest BCUT2D eigenvalue weighted by atomic mass is 16.2. The normalized spacial score (nSPS) is 10.2. The van der Waals surface area contributed by atoms with Crippen molar-refractivity contribution in [3.05, 3.63) is 84.2 Å². The van der Waals surface area contributed by atoms with Gasteiger partial charge in [0.15, 0.2) is 0 Å². The number of carbonyl (C=O) groups is 2. The van der Waals surface area contributed by atoms with Crippen molar-refractivity contribution in [3.63, 3.8) is 0 Å². The van der Waals surface area contributed by atoms with Crippen LogP contribution >= 0.6 is 0 Å². The predicted octanol–water partition coefficient (Wildman–Crippen LogP) is 1.88. The third-order valence-corrected chi connectivity index (χ3v) is 3.37. The van der Waals surface area contributed by atoms with Crippen LogP contribution in [0.15, 0.2) is 73.1 Å². The Morgan fingerprint density at radius 1 is 0.917 bits per heavy atom. The Morgan fingerprint density at radius 2 is 1.58 bits per heavy atom. The summed E-state index contributed by atoms with van der Waals surface area (Å²) in [6, 6.07) is 18.3. The summed E-state index contributed by atoms with van der Waals surface area (Å²) in [4.78, 5) is 23.8. The van der Waals surface area contributed by atoms with Gasteiger partial charge in [0.25, 0.3) is 5.91 Å². The molecule has 0 saturated carbocycles. The molecule has 0 radical (unpaired) electrons. The van der Waals surface area contributed by atoms with Gasteiger partial charge in [0.05, 0.1) is 18.3 Å². The molecule has 0 fully saturated rings. The molecular weight excluding hydrogens is 304 g/mol. The molecule has 1 aromatic heterocycles. The van der Waals surface area contributed by atoms with Crippen molar-refractivity contribution < 1.29 is 9.59 Å². The topological polar surface area (TPSA) is 76.0 Å². The molecule has 2 amide bonds. The first-order valence-corrected chi connectivity index (χ1v) is 7.45. The van der Waals surface area contributed by atoms with Gasteiger partial charge in [0.1, 0.15) is 0 Å². The summed E-state index contributed by atoms with van der Waals surface area (Å²) in [5.74, 6) is -0.671. The Balaban J connectivity index is 1.54. The zero-order valence-electron chi connectivity index (χ0n) is 12.8. The number of hydrogen-bond donors (Lipinski definition) is 2. The summed E-state index contributed by atoms with van der Waals surface area (Å²) in [6.07, 6.45) is 3.54. The van der Waals surface area contributed by atoms with Gasteiger partial charge < -0.3 is 0 Å². The van der Waals surface area contributed by atoms with E-state index < -0.39 is 0 Å². The molecule has 0 aliphatic heterocycles. The number of carbonyl (C=O) groups excluding carboxylic acids is 2. The van der Waals surface area contributed by atoms with Crippen LogP contribution in [0.4, 0.5) is 0 Å². The Bertz CT molecular complexity index is 828. The average Bonchev–Trinajstić information content (AvgIpc) is 3.09. The van der Waals surface area contributed by atoms with Gasteiger partial charge in [-0.05, 0) is 29.8 Å². The molecule has 0 spiro atoms. The maximum Gasteiger partial charge on any atom is 0.269 e. The van der Waals surface area contributed by atoms with E-state index in [2.05, 4.69) is 16.0 Å². The van der Waals surface area contributed by atoms with E-state index in [1.807, 2.05) is 36.4 Å². The first-order valence-electron chi connectivity index (χ1n) is 7.45. The fourth-order valence-corrected chi connectivity index (χ4v) is 2.19. The maximum atomic E-state index is 11.9. The van der Waals surface area contributed by atoms with Crippen LogP contribution in [-0.2, 0) is 11.2 Å². The molecular formula is C18H16N4O2. The number of para-hydroxylation sites is 1. The fraction of sp³-hybridized carbons (Fsp3) is 0.0556.